The maximum absolute atomic E-state index is 8.00. The van der Waals surface area contributed by atoms with Gasteiger partial charge in [0.05, 0.1) is 38.6 Å². The van der Waals surface area contributed by atoms with Crippen molar-refractivity contribution >= 4 is 20.4 Å². The molecule has 0 aromatic heterocycles. The molecule has 0 rings (SSSR count). The van der Waals surface area contributed by atoms with Crippen LogP contribution >= 0.6 is 0 Å². The van der Waals surface area contributed by atoms with Gasteiger partial charge in [0.1, 0.15) is 34.0 Å². The normalized spacial score (nSPS) is 11.4. The lowest BCUT2D eigenvalue weighted by Gasteiger charge is -2.19. The van der Waals surface area contributed by atoms with Gasteiger partial charge < -0.3 is 52.4 Å². The lowest BCUT2D eigenvalue weighted by atomic mass is 10.0. The second-order valence-electron chi connectivity index (χ2n) is 21.6. The summed E-state index contributed by atoms with van der Waals surface area (Å²) in [6.07, 6.45) is 54.6. The fraction of sp³-hybridized carbons (Fsp3) is 0.956. The van der Waals surface area contributed by atoms with Crippen molar-refractivity contribution in [1.82, 2.24) is 4.90 Å². The smallest absolute Gasteiger partial charge is 0.146 e. The molecule has 0 radical (unpaired) electrons. The highest BCUT2D eigenvalue weighted by Crippen LogP contribution is 2.20. The molecule has 1 atom stereocenters. The molecular formula is C68H143NO10. The average molecular weight is 1130 g/mol. The molecule has 0 saturated carbocycles. The Bertz CT molecular complexity index is 960. The summed E-state index contributed by atoms with van der Waals surface area (Å²) < 4.78 is 42.8. The van der Waals surface area contributed by atoms with Crippen LogP contribution in [0.2, 0.25) is 0 Å². The van der Waals surface area contributed by atoms with E-state index in [1.54, 1.807) is 0 Å². The fourth-order valence-corrected chi connectivity index (χ4v) is 9.75. The minimum atomic E-state index is 0. The van der Waals surface area contributed by atoms with Crippen LogP contribution in [0.1, 0.15) is 320 Å². The summed E-state index contributed by atoms with van der Waals surface area (Å²) in [6, 6.07) is 0. The number of nitrogens with zero attached hydrogens (tertiary/aromatic N) is 1. The number of carbonyl (C=O) groups excluding carboxylic acids is 3. The standard InChI is InChI=1S/C63H129NO7.3CH2O.2CH4/c1-7-13-17-21-29-37-46-62(47-38-30-22-18-14-8-2)70-54-43-35-27-25-33-41-51-65-56-61(58-69-60-67-53-45-50-64(11-5)12-6)57-68-59-66-52-42-34-26-28-36-44-55-71-63(48-39-31-23-19-15-9-3)49-40-32-24-20-16-10-4;3*1-2;;/h61-63H,7-60H2,1-6H3;3*1H2;2*1H4. The van der Waals surface area contributed by atoms with Crippen LogP contribution < -0.4 is 0 Å². The first-order valence-electron chi connectivity index (χ1n) is 32.9. The molecule has 0 N–H and O–H groups in total. The lowest BCUT2D eigenvalue weighted by Crippen LogP contribution is -2.25. The third-order valence-corrected chi connectivity index (χ3v) is 14.6. The zero-order valence-electron chi connectivity index (χ0n) is 52.6. The minimum absolute atomic E-state index is 0. The monoisotopic (exact) mass is 1130 g/mol. The van der Waals surface area contributed by atoms with E-state index in [0.717, 1.165) is 71.9 Å². The van der Waals surface area contributed by atoms with Crippen molar-refractivity contribution in [2.45, 2.75) is 332 Å². The van der Waals surface area contributed by atoms with Gasteiger partial charge >= 0.3 is 0 Å². The molecule has 0 amide bonds. The first-order chi connectivity index (χ1) is 38.1. The molecule has 480 valence electrons. The van der Waals surface area contributed by atoms with Crippen LogP contribution in [0.3, 0.4) is 0 Å². The molecule has 1 unspecified atom stereocenters. The van der Waals surface area contributed by atoms with Crippen LogP contribution in [0.5, 0.6) is 0 Å². The summed E-state index contributed by atoms with van der Waals surface area (Å²) in [5, 5.41) is 0. The Morgan fingerprint density at radius 1 is 0.291 bits per heavy atom. The van der Waals surface area contributed by atoms with Crippen molar-refractivity contribution in [3.8, 4) is 0 Å². The summed E-state index contributed by atoms with van der Waals surface area (Å²) in [4.78, 5) is 26.4. The summed E-state index contributed by atoms with van der Waals surface area (Å²) in [5.41, 5.74) is 0. The number of ether oxygens (including phenoxy) is 7. The highest BCUT2D eigenvalue weighted by atomic mass is 16.7. The highest BCUT2D eigenvalue weighted by Gasteiger charge is 2.13. The molecule has 0 saturated heterocycles. The molecule has 11 nitrogen and oxygen atoms in total. The van der Waals surface area contributed by atoms with Gasteiger partial charge in [-0.25, -0.2) is 0 Å². The predicted octanol–water partition coefficient (Wildman–Crippen LogP) is 19.5. The van der Waals surface area contributed by atoms with E-state index >= 15 is 0 Å². The molecule has 0 aromatic rings. The topological polar surface area (TPSA) is 119 Å². The molecule has 0 aliphatic heterocycles. The number of hydrogen-bond donors (Lipinski definition) is 0. The van der Waals surface area contributed by atoms with Gasteiger partial charge in [-0.1, -0.05) is 262 Å². The van der Waals surface area contributed by atoms with Gasteiger partial charge in [0.2, 0.25) is 0 Å². The zero-order valence-corrected chi connectivity index (χ0v) is 52.6. The van der Waals surface area contributed by atoms with E-state index in [2.05, 4.69) is 46.4 Å². The van der Waals surface area contributed by atoms with Crippen LogP contribution in [0.25, 0.3) is 0 Å². The Morgan fingerprint density at radius 2 is 0.544 bits per heavy atom. The Balaban J connectivity index is -0.00000160. The molecule has 0 aliphatic rings. The molecule has 0 spiro atoms. The number of rotatable bonds is 64. The summed E-state index contributed by atoms with van der Waals surface area (Å²) >= 11 is 0. The van der Waals surface area contributed by atoms with E-state index in [1.165, 1.54) is 244 Å². The van der Waals surface area contributed by atoms with Gasteiger partial charge in [0, 0.05) is 38.9 Å². The van der Waals surface area contributed by atoms with Gasteiger partial charge in [0.25, 0.3) is 0 Å². The molecule has 11 heteroatoms. The minimum Gasteiger partial charge on any atom is -0.381 e. The van der Waals surface area contributed by atoms with Gasteiger partial charge in [-0.05, 0) is 70.9 Å². The Kier molecular flexibility index (Phi) is 96.2. The van der Waals surface area contributed by atoms with E-state index in [0.29, 0.717) is 45.6 Å². The van der Waals surface area contributed by atoms with Gasteiger partial charge in [-0.15, -0.1) is 0 Å². The first kappa shape index (κ1) is 88.9. The van der Waals surface area contributed by atoms with Crippen LogP contribution in [0.15, 0.2) is 0 Å². The van der Waals surface area contributed by atoms with Crippen molar-refractivity contribution in [2.24, 2.45) is 5.92 Å². The molecule has 79 heavy (non-hydrogen) atoms. The van der Waals surface area contributed by atoms with E-state index in [1.807, 2.05) is 20.4 Å². The Labute approximate surface area is 494 Å². The number of unbranched alkanes of at least 4 members (excludes halogenated alkanes) is 30. The second-order valence-corrected chi connectivity index (χ2v) is 21.6. The van der Waals surface area contributed by atoms with E-state index in [9.17, 15) is 0 Å². The van der Waals surface area contributed by atoms with Crippen LogP contribution in [0, 0.1) is 5.92 Å². The third kappa shape index (κ3) is 76.7. The molecule has 0 aliphatic carbocycles. The molecule has 0 aromatic carbocycles. The van der Waals surface area contributed by atoms with Crippen LogP contribution in [0.4, 0.5) is 0 Å². The molecule has 0 bridgehead atoms. The van der Waals surface area contributed by atoms with Gasteiger partial charge in [-0.2, -0.15) is 0 Å². The summed E-state index contributed by atoms with van der Waals surface area (Å²) in [6.45, 7) is 29.5. The largest absolute Gasteiger partial charge is 0.381 e. The van der Waals surface area contributed by atoms with E-state index in [4.69, 9.17) is 47.5 Å². The summed E-state index contributed by atoms with van der Waals surface area (Å²) in [5.74, 6) is 0.161. The lowest BCUT2D eigenvalue weighted by molar-refractivity contribution is -0.106. The SMILES string of the molecule is C.C.C=O.C=O.C=O.CCCCCCCCC(CCCCCCCC)OCCCCCCCCOCOCC(COCCCCCCCCOC(CCCCCCCC)CCCCCCCC)COCOCCCN(CC)CC. The van der Waals surface area contributed by atoms with Gasteiger partial charge in [0.15, 0.2) is 0 Å². The maximum Gasteiger partial charge on any atom is 0.146 e. The van der Waals surface area contributed by atoms with E-state index in [-0.39, 0.29) is 20.8 Å². The van der Waals surface area contributed by atoms with Crippen molar-refractivity contribution < 1.29 is 47.5 Å². The highest BCUT2D eigenvalue weighted by molar-refractivity contribution is 5.11. The van der Waals surface area contributed by atoms with Crippen LogP contribution in [-0.2, 0) is 47.5 Å². The zero-order chi connectivity index (χ0) is 57.4. The molecular weight excluding hydrogens is 991 g/mol. The van der Waals surface area contributed by atoms with E-state index < -0.39 is 0 Å². The average Bonchev–Trinajstić information content (AvgIpc) is 3.46. The number of carbonyl (C=O) groups is 3. The molecule has 0 heterocycles. The van der Waals surface area contributed by atoms with Crippen molar-refractivity contribution in [3.05, 3.63) is 0 Å². The third-order valence-electron chi connectivity index (χ3n) is 14.6. The van der Waals surface area contributed by atoms with Crippen molar-refractivity contribution in [1.29, 1.82) is 0 Å². The Morgan fingerprint density at radius 3 is 0.861 bits per heavy atom. The molecule has 0 fully saturated rings. The Hall–Kier alpha value is -1.31. The fourth-order valence-electron chi connectivity index (χ4n) is 9.75. The first-order valence-corrected chi connectivity index (χ1v) is 32.9. The predicted molar refractivity (Wildman–Crippen MR) is 342 cm³/mol. The maximum atomic E-state index is 8.00. The quantitative estimate of drug-likeness (QED) is 0.0428. The second kappa shape index (κ2) is 85.5. The van der Waals surface area contributed by atoms with Crippen molar-refractivity contribution in [3.63, 3.8) is 0 Å². The summed E-state index contributed by atoms with van der Waals surface area (Å²) in [7, 11) is 0. The van der Waals surface area contributed by atoms with Crippen molar-refractivity contribution in [2.75, 3.05) is 86.1 Å². The number of hydrogen-bond acceptors (Lipinski definition) is 11. The van der Waals surface area contributed by atoms with Crippen LogP contribution in [-0.4, -0.2) is 124 Å². The van der Waals surface area contributed by atoms with Gasteiger partial charge in [-0.3, -0.25) is 0 Å².